The van der Waals surface area contributed by atoms with E-state index in [9.17, 15) is 9.18 Å². The fourth-order valence-corrected chi connectivity index (χ4v) is 3.82. The molecule has 0 spiro atoms. The molecule has 0 saturated heterocycles. The molecule has 0 fully saturated rings. The summed E-state index contributed by atoms with van der Waals surface area (Å²) in [5, 5.41) is 2.77. The van der Waals surface area contributed by atoms with Crippen LogP contribution in [0.5, 0.6) is 5.75 Å². The monoisotopic (exact) mass is 396 g/mol. The molecule has 1 N–H and O–H groups in total. The lowest BCUT2D eigenvalue weighted by Gasteiger charge is -2.17. The van der Waals surface area contributed by atoms with Crippen molar-refractivity contribution in [3.63, 3.8) is 0 Å². The first-order valence-electron chi connectivity index (χ1n) is 10.1. The van der Waals surface area contributed by atoms with E-state index in [0.717, 1.165) is 42.9 Å². The minimum Gasteiger partial charge on any atom is -0.494 e. The SMILES string of the molecule is CCN(CC)CCCOc1ccc2c(c1)CO/C2=C1/C(=O)Nc2ccc(F)cc21. The fraction of sp³-hybridized carbons (Fsp3) is 0.348. The van der Waals surface area contributed by atoms with Crippen molar-refractivity contribution >= 4 is 22.9 Å². The number of rotatable bonds is 7. The smallest absolute Gasteiger partial charge is 0.260 e. The minimum absolute atomic E-state index is 0.273. The molecule has 6 heteroatoms. The maximum absolute atomic E-state index is 13.7. The number of hydrogen-bond acceptors (Lipinski definition) is 4. The minimum atomic E-state index is -0.384. The zero-order chi connectivity index (χ0) is 20.4. The van der Waals surface area contributed by atoms with Gasteiger partial charge >= 0.3 is 0 Å². The largest absolute Gasteiger partial charge is 0.494 e. The molecule has 0 aromatic heterocycles. The molecule has 4 rings (SSSR count). The summed E-state index contributed by atoms with van der Waals surface area (Å²) >= 11 is 0. The summed E-state index contributed by atoms with van der Waals surface area (Å²) in [6, 6.07) is 10.0. The van der Waals surface area contributed by atoms with E-state index in [1.165, 1.54) is 12.1 Å². The van der Waals surface area contributed by atoms with Gasteiger partial charge in [-0.25, -0.2) is 4.39 Å². The molecule has 2 heterocycles. The normalized spacial score (nSPS) is 17.2. The molecule has 0 atom stereocenters. The Hall–Kier alpha value is -2.86. The summed E-state index contributed by atoms with van der Waals surface area (Å²) in [7, 11) is 0. The van der Waals surface area contributed by atoms with Gasteiger partial charge in [-0.15, -0.1) is 0 Å². The van der Waals surface area contributed by atoms with E-state index < -0.39 is 0 Å². The van der Waals surface area contributed by atoms with Gasteiger partial charge in [0.05, 0.1) is 12.2 Å². The first-order valence-corrected chi connectivity index (χ1v) is 10.1. The second-order valence-electron chi connectivity index (χ2n) is 7.18. The van der Waals surface area contributed by atoms with Crippen LogP contribution < -0.4 is 10.1 Å². The van der Waals surface area contributed by atoms with Gasteiger partial charge in [0.2, 0.25) is 0 Å². The Labute approximate surface area is 170 Å². The lowest BCUT2D eigenvalue weighted by molar-refractivity contribution is -0.110. The maximum Gasteiger partial charge on any atom is 0.260 e. The van der Waals surface area contributed by atoms with E-state index in [4.69, 9.17) is 9.47 Å². The molecule has 0 aliphatic carbocycles. The maximum atomic E-state index is 13.7. The number of benzene rings is 2. The third-order valence-electron chi connectivity index (χ3n) is 5.43. The molecule has 2 aliphatic rings. The van der Waals surface area contributed by atoms with Gasteiger partial charge < -0.3 is 19.7 Å². The molecule has 0 radical (unpaired) electrons. The van der Waals surface area contributed by atoms with Crippen LogP contribution >= 0.6 is 0 Å². The second kappa shape index (κ2) is 8.25. The number of halogens is 1. The molecular weight excluding hydrogens is 371 g/mol. The Kier molecular flexibility index (Phi) is 5.53. The number of hydrogen-bond donors (Lipinski definition) is 1. The topological polar surface area (TPSA) is 50.8 Å². The van der Waals surface area contributed by atoms with Gasteiger partial charge in [-0.05, 0) is 55.9 Å². The van der Waals surface area contributed by atoms with Crippen LogP contribution in [0.3, 0.4) is 0 Å². The standard InChI is InChI=1S/C23H25FN2O3/c1-3-26(4-2)10-5-11-28-17-7-8-18-15(12-17)14-29-22(18)21-19-13-16(24)6-9-20(19)25-23(21)27/h6-9,12-13H,3-5,10-11,14H2,1-2H3,(H,25,27)/b22-21+. The van der Waals surface area contributed by atoms with Gasteiger partial charge in [-0.3, -0.25) is 4.79 Å². The third-order valence-corrected chi connectivity index (χ3v) is 5.43. The average Bonchev–Trinajstić information content (AvgIpc) is 3.27. The molecular formula is C23H25FN2O3. The van der Waals surface area contributed by atoms with Gasteiger partial charge in [0.25, 0.3) is 5.91 Å². The van der Waals surface area contributed by atoms with Crippen molar-refractivity contribution in [2.75, 3.05) is 31.6 Å². The number of carbonyl (C=O) groups excluding carboxylic acids is 1. The average molecular weight is 396 g/mol. The van der Waals surface area contributed by atoms with Crippen molar-refractivity contribution in [2.45, 2.75) is 26.9 Å². The highest BCUT2D eigenvalue weighted by Gasteiger charge is 2.32. The molecule has 29 heavy (non-hydrogen) atoms. The number of anilines is 1. The predicted octanol–water partition coefficient (Wildman–Crippen LogP) is 4.29. The van der Waals surface area contributed by atoms with Crippen LogP contribution in [-0.2, 0) is 16.1 Å². The molecule has 2 aliphatic heterocycles. The number of nitrogens with one attached hydrogen (secondary N) is 1. The Balaban J connectivity index is 1.52. The molecule has 2 aromatic rings. The molecule has 2 aromatic carbocycles. The number of ether oxygens (including phenoxy) is 2. The van der Waals surface area contributed by atoms with Crippen LogP contribution in [0.25, 0.3) is 11.3 Å². The zero-order valence-corrected chi connectivity index (χ0v) is 16.8. The number of amides is 1. The van der Waals surface area contributed by atoms with Crippen LogP contribution in [0, 0.1) is 5.82 Å². The lowest BCUT2D eigenvalue weighted by atomic mass is 10.0. The van der Waals surface area contributed by atoms with E-state index in [2.05, 4.69) is 24.1 Å². The Morgan fingerprint density at radius 2 is 1.97 bits per heavy atom. The van der Waals surface area contributed by atoms with Crippen LogP contribution in [0.1, 0.15) is 37.0 Å². The van der Waals surface area contributed by atoms with Gasteiger partial charge in [0.15, 0.2) is 0 Å². The highest BCUT2D eigenvalue weighted by atomic mass is 19.1. The summed E-state index contributed by atoms with van der Waals surface area (Å²) in [4.78, 5) is 14.9. The van der Waals surface area contributed by atoms with Gasteiger partial charge in [0, 0.05) is 28.9 Å². The molecule has 0 bridgehead atoms. The summed E-state index contributed by atoms with van der Waals surface area (Å²) in [5.74, 6) is 0.630. The molecule has 0 unspecified atom stereocenters. The van der Waals surface area contributed by atoms with Crippen molar-refractivity contribution in [3.05, 3.63) is 58.9 Å². The fourth-order valence-electron chi connectivity index (χ4n) is 3.82. The molecule has 5 nitrogen and oxygen atoms in total. The predicted molar refractivity (Wildman–Crippen MR) is 111 cm³/mol. The van der Waals surface area contributed by atoms with Crippen LogP contribution in [0.4, 0.5) is 10.1 Å². The highest BCUT2D eigenvalue weighted by Crippen LogP contribution is 2.42. The van der Waals surface area contributed by atoms with Gasteiger partial charge in [0.1, 0.15) is 23.9 Å². The Morgan fingerprint density at radius 1 is 1.14 bits per heavy atom. The molecule has 0 saturated carbocycles. The zero-order valence-electron chi connectivity index (χ0n) is 16.8. The van der Waals surface area contributed by atoms with Crippen molar-refractivity contribution in [2.24, 2.45) is 0 Å². The number of nitrogens with zero attached hydrogens (tertiary/aromatic N) is 1. The summed E-state index contributed by atoms with van der Waals surface area (Å²) < 4.78 is 25.5. The lowest BCUT2D eigenvalue weighted by Crippen LogP contribution is -2.25. The Morgan fingerprint density at radius 3 is 2.76 bits per heavy atom. The summed E-state index contributed by atoms with van der Waals surface area (Å²) in [6.07, 6.45) is 0.965. The van der Waals surface area contributed by atoms with E-state index in [1.54, 1.807) is 6.07 Å². The first-order chi connectivity index (χ1) is 14.1. The Bertz CT molecular complexity index is 967. The van der Waals surface area contributed by atoms with Gasteiger partial charge in [-0.2, -0.15) is 0 Å². The summed E-state index contributed by atoms with van der Waals surface area (Å²) in [5.41, 5.74) is 3.33. The van der Waals surface area contributed by atoms with Crippen molar-refractivity contribution in [1.82, 2.24) is 4.90 Å². The van der Waals surface area contributed by atoms with Crippen molar-refractivity contribution in [1.29, 1.82) is 0 Å². The quantitative estimate of drug-likeness (QED) is 0.560. The first kappa shape index (κ1) is 19.5. The molecule has 152 valence electrons. The van der Waals surface area contributed by atoms with Crippen LogP contribution in [0.2, 0.25) is 0 Å². The highest BCUT2D eigenvalue weighted by molar-refractivity contribution is 6.36. The van der Waals surface area contributed by atoms with Crippen molar-refractivity contribution < 1.29 is 18.7 Å². The van der Waals surface area contributed by atoms with E-state index in [1.807, 2.05) is 18.2 Å². The van der Waals surface area contributed by atoms with E-state index in [0.29, 0.717) is 35.8 Å². The molecule has 1 amide bonds. The number of carbonyl (C=O) groups is 1. The second-order valence-corrected chi connectivity index (χ2v) is 7.18. The third kappa shape index (κ3) is 3.85. The van der Waals surface area contributed by atoms with E-state index >= 15 is 0 Å². The number of fused-ring (bicyclic) bond motifs is 2. The van der Waals surface area contributed by atoms with Crippen molar-refractivity contribution in [3.8, 4) is 5.75 Å². The van der Waals surface area contributed by atoms with Gasteiger partial charge in [-0.1, -0.05) is 13.8 Å². The van der Waals surface area contributed by atoms with Crippen LogP contribution in [0.15, 0.2) is 36.4 Å². The van der Waals surface area contributed by atoms with Crippen LogP contribution in [-0.4, -0.2) is 37.0 Å². The summed E-state index contributed by atoms with van der Waals surface area (Å²) in [6.45, 7) is 8.45. The van der Waals surface area contributed by atoms with E-state index in [-0.39, 0.29) is 11.7 Å².